The van der Waals surface area contributed by atoms with Crippen LogP contribution in [0.25, 0.3) is 6.08 Å². The van der Waals surface area contributed by atoms with E-state index in [0.717, 1.165) is 29.1 Å². The number of carbonyl (C=O) groups is 1. The second-order valence-electron chi connectivity index (χ2n) is 8.07. The smallest absolute Gasteiger partial charge is 0.331 e. The third kappa shape index (κ3) is 6.87. The van der Waals surface area contributed by atoms with Crippen molar-refractivity contribution in [1.29, 1.82) is 0 Å². The van der Waals surface area contributed by atoms with Crippen molar-refractivity contribution in [2.75, 3.05) is 6.61 Å². The van der Waals surface area contributed by atoms with E-state index in [1.165, 1.54) is 5.56 Å². The molecule has 0 saturated heterocycles. The Morgan fingerprint density at radius 3 is 2.14 bits per heavy atom. The highest BCUT2D eigenvalue weighted by molar-refractivity contribution is 6.13. The van der Waals surface area contributed by atoms with Crippen LogP contribution in [0.4, 0.5) is 0 Å². The molecule has 1 aromatic heterocycles. The van der Waals surface area contributed by atoms with E-state index in [0.29, 0.717) is 13.0 Å². The number of imidazole rings is 1. The Balaban J connectivity index is 1.55. The number of aliphatic imine (C=N–C) groups is 1. The second-order valence-corrected chi connectivity index (χ2v) is 8.07. The van der Waals surface area contributed by atoms with Gasteiger partial charge in [-0.1, -0.05) is 97.1 Å². The highest BCUT2D eigenvalue weighted by atomic mass is 16.5. The molecule has 4 rings (SSSR count). The molecule has 0 aliphatic carbocycles. The maximum absolute atomic E-state index is 12.8. The molecule has 0 N–H and O–H groups in total. The fourth-order valence-corrected chi connectivity index (χ4v) is 3.77. The summed E-state index contributed by atoms with van der Waals surface area (Å²) in [4.78, 5) is 22.2. The lowest BCUT2D eigenvalue weighted by molar-refractivity contribution is -0.144. The van der Waals surface area contributed by atoms with Crippen LogP contribution in [0.15, 0.2) is 115 Å². The molecule has 0 aliphatic rings. The second kappa shape index (κ2) is 12.3. The van der Waals surface area contributed by atoms with Gasteiger partial charge in [-0.15, -0.1) is 0 Å². The minimum Gasteiger partial charge on any atom is -0.464 e. The van der Waals surface area contributed by atoms with E-state index >= 15 is 0 Å². The van der Waals surface area contributed by atoms with Crippen molar-refractivity contribution < 1.29 is 9.53 Å². The summed E-state index contributed by atoms with van der Waals surface area (Å²) in [5.41, 5.74) is 4.73. The Hall–Kier alpha value is -4.25. The van der Waals surface area contributed by atoms with E-state index in [1.807, 2.05) is 115 Å². The average molecular weight is 464 g/mol. The van der Waals surface area contributed by atoms with Crippen molar-refractivity contribution in [2.24, 2.45) is 4.99 Å². The number of benzene rings is 3. The molecule has 4 aromatic rings. The molecule has 1 unspecified atom stereocenters. The Bertz CT molecular complexity index is 1220. The van der Waals surface area contributed by atoms with Crippen LogP contribution in [0, 0.1) is 0 Å². The maximum Gasteiger partial charge on any atom is 0.331 e. The van der Waals surface area contributed by atoms with Crippen LogP contribution < -0.4 is 0 Å². The van der Waals surface area contributed by atoms with Crippen LogP contribution in [-0.2, 0) is 16.1 Å². The molecular weight excluding hydrogens is 434 g/mol. The van der Waals surface area contributed by atoms with E-state index in [9.17, 15) is 4.79 Å². The molecule has 35 heavy (non-hydrogen) atoms. The van der Waals surface area contributed by atoms with Crippen LogP contribution in [0.2, 0.25) is 0 Å². The number of ether oxygens (including phenoxy) is 1. The lowest BCUT2D eigenvalue weighted by Crippen LogP contribution is -2.23. The van der Waals surface area contributed by atoms with Crippen molar-refractivity contribution in [2.45, 2.75) is 25.9 Å². The molecule has 0 radical (unpaired) electrons. The lowest BCUT2D eigenvalue weighted by atomic mass is 10.0. The molecule has 176 valence electrons. The molecule has 5 nitrogen and oxygen atoms in total. The van der Waals surface area contributed by atoms with E-state index in [-0.39, 0.29) is 5.97 Å². The number of hydrogen-bond donors (Lipinski definition) is 0. The van der Waals surface area contributed by atoms with Crippen LogP contribution in [0.3, 0.4) is 0 Å². The monoisotopic (exact) mass is 463 g/mol. The van der Waals surface area contributed by atoms with Crippen LogP contribution in [-0.4, -0.2) is 33.9 Å². The summed E-state index contributed by atoms with van der Waals surface area (Å²) in [5, 5.41) is 0. The first kappa shape index (κ1) is 23.9. The van der Waals surface area contributed by atoms with E-state index in [2.05, 4.69) is 17.1 Å². The highest BCUT2D eigenvalue weighted by Crippen LogP contribution is 2.15. The van der Waals surface area contributed by atoms with Gasteiger partial charge in [0.1, 0.15) is 0 Å². The predicted octanol–water partition coefficient (Wildman–Crippen LogP) is 5.80. The van der Waals surface area contributed by atoms with Gasteiger partial charge in [-0.05, 0) is 25.0 Å². The minimum absolute atomic E-state index is 0.310. The van der Waals surface area contributed by atoms with Gasteiger partial charge in [-0.3, -0.25) is 4.99 Å². The minimum atomic E-state index is -0.659. The molecule has 0 amide bonds. The van der Waals surface area contributed by atoms with Gasteiger partial charge < -0.3 is 9.30 Å². The van der Waals surface area contributed by atoms with Crippen molar-refractivity contribution in [1.82, 2.24) is 9.55 Å². The van der Waals surface area contributed by atoms with E-state index in [1.54, 1.807) is 0 Å². The zero-order valence-electron chi connectivity index (χ0n) is 19.8. The maximum atomic E-state index is 12.8. The Labute approximate surface area is 206 Å². The molecule has 1 heterocycles. The van der Waals surface area contributed by atoms with Crippen molar-refractivity contribution in [3.8, 4) is 0 Å². The number of aromatic nitrogens is 2. The number of rotatable bonds is 10. The number of esters is 1. The number of hydrogen-bond acceptors (Lipinski definition) is 4. The van der Waals surface area contributed by atoms with Gasteiger partial charge >= 0.3 is 5.97 Å². The van der Waals surface area contributed by atoms with Gasteiger partial charge in [0.05, 0.1) is 24.3 Å². The first-order valence-corrected chi connectivity index (χ1v) is 11.8. The fourth-order valence-electron chi connectivity index (χ4n) is 3.77. The predicted molar refractivity (Wildman–Crippen MR) is 140 cm³/mol. The number of carbonyl (C=O) groups excluding carboxylic acids is 1. The van der Waals surface area contributed by atoms with Crippen molar-refractivity contribution in [3.05, 3.63) is 132 Å². The highest BCUT2D eigenvalue weighted by Gasteiger charge is 2.20. The first-order chi connectivity index (χ1) is 17.2. The summed E-state index contributed by atoms with van der Waals surface area (Å²) in [5.74, 6) is -0.337. The fraction of sp³-hybridized carbons (Fsp3) is 0.167. The summed E-state index contributed by atoms with van der Waals surface area (Å²) >= 11 is 0. The zero-order valence-corrected chi connectivity index (χ0v) is 19.8. The summed E-state index contributed by atoms with van der Waals surface area (Å²) in [7, 11) is 0. The van der Waals surface area contributed by atoms with Gasteiger partial charge in [0.15, 0.2) is 6.04 Å². The SMILES string of the molecule is CCOC(=O)C(C/C=C/c1cn(Cc2ccccc2)cn1)N=C(c1ccccc1)c1ccccc1. The standard InChI is InChI=1S/C30H29N3O2/c1-2-35-30(34)28(32-29(25-15-8-4-9-16-25)26-17-10-5-11-18-26)20-12-19-27-22-33(23-31-27)21-24-13-6-3-7-14-24/h3-19,22-23,28H,2,20-21H2,1H3/b19-12+. The van der Waals surface area contributed by atoms with E-state index < -0.39 is 6.04 Å². The van der Waals surface area contributed by atoms with Gasteiger partial charge in [0.2, 0.25) is 0 Å². The number of nitrogens with zero attached hydrogens (tertiary/aromatic N) is 3. The molecule has 0 bridgehead atoms. The summed E-state index contributed by atoms with van der Waals surface area (Å²) in [6.07, 6.45) is 8.08. The normalized spacial score (nSPS) is 11.8. The van der Waals surface area contributed by atoms with Crippen molar-refractivity contribution >= 4 is 17.8 Å². The molecule has 0 fully saturated rings. The van der Waals surface area contributed by atoms with Crippen LogP contribution in [0.5, 0.6) is 0 Å². The largest absolute Gasteiger partial charge is 0.464 e. The first-order valence-electron chi connectivity index (χ1n) is 11.8. The third-order valence-electron chi connectivity index (χ3n) is 5.45. The zero-order chi connectivity index (χ0) is 24.3. The molecule has 0 saturated carbocycles. The molecule has 3 aromatic carbocycles. The Morgan fingerprint density at radius 1 is 0.943 bits per heavy atom. The summed E-state index contributed by atoms with van der Waals surface area (Å²) < 4.78 is 7.39. The van der Waals surface area contributed by atoms with E-state index in [4.69, 9.17) is 9.73 Å². The topological polar surface area (TPSA) is 56.5 Å². The van der Waals surface area contributed by atoms with Crippen LogP contribution >= 0.6 is 0 Å². The van der Waals surface area contributed by atoms with Gasteiger partial charge in [0, 0.05) is 23.9 Å². The van der Waals surface area contributed by atoms with Crippen LogP contribution in [0.1, 0.15) is 35.7 Å². The Morgan fingerprint density at radius 2 is 1.54 bits per heavy atom. The molecular formula is C30H29N3O2. The molecule has 5 heteroatoms. The molecule has 0 aliphatic heterocycles. The van der Waals surface area contributed by atoms with Gasteiger partial charge in [-0.25, -0.2) is 9.78 Å². The average Bonchev–Trinajstić information content (AvgIpc) is 3.35. The van der Waals surface area contributed by atoms with Crippen molar-refractivity contribution in [3.63, 3.8) is 0 Å². The third-order valence-corrected chi connectivity index (χ3v) is 5.45. The quantitative estimate of drug-likeness (QED) is 0.220. The summed E-state index contributed by atoms with van der Waals surface area (Å²) in [6, 6.07) is 29.4. The Kier molecular flexibility index (Phi) is 8.38. The van der Waals surface area contributed by atoms with Gasteiger partial charge in [0.25, 0.3) is 0 Å². The molecule has 0 spiro atoms. The lowest BCUT2D eigenvalue weighted by Gasteiger charge is -2.14. The molecule has 1 atom stereocenters. The van der Waals surface area contributed by atoms with Gasteiger partial charge in [-0.2, -0.15) is 0 Å². The summed E-state index contributed by atoms with van der Waals surface area (Å²) in [6.45, 7) is 2.88.